The van der Waals surface area contributed by atoms with Crippen LogP contribution in [0.15, 0.2) is 60.7 Å². The van der Waals surface area contributed by atoms with Gasteiger partial charge < -0.3 is 33.1 Å². The summed E-state index contributed by atoms with van der Waals surface area (Å²) >= 11 is 0. The SMILES string of the molecule is NC(=O)c1ccc(C(N)=O)cc1.Nc1ccc(-c2ccc(N)cc2C(=O)O)c(C(=O)O)c1. The summed E-state index contributed by atoms with van der Waals surface area (Å²) in [5.41, 5.74) is 22.9. The summed E-state index contributed by atoms with van der Waals surface area (Å²) in [5, 5.41) is 18.4. The second-order valence-corrected chi connectivity index (χ2v) is 6.53. The molecule has 10 N–H and O–H groups in total. The van der Waals surface area contributed by atoms with E-state index in [0.717, 1.165) is 0 Å². The smallest absolute Gasteiger partial charge is 0.336 e. The molecule has 0 bridgehead atoms. The van der Waals surface area contributed by atoms with E-state index in [1.54, 1.807) is 0 Å². The molecule has 0 saturated heterocycles. The maximum Gasteiger partial charge on any atom is 0.336 e. The van der Waals surface area contributed by atoms with Crippen LogP contribution in [0.1, 0.15) is 41.4 Å². The third-order valence-corrected chi connectivity index (χ3v) is 4.29. The lowest BCUT2D eigenvalue weighted by atomic mass is 9.94. The van der Waals surface area contributed by atoms with Crippen LogP contribution in [0, 0.1) is 0 Å². The van der Waals surface area contributed by atoms with Crippen molar-refractivity contribution >= 4 is 35.1 Å². The summed E-state index contributed by atoms with van der Waals surface area (Å²) < 4.78 is 0. The number of primary amides is 2. The van der Waals surface area contributed by atoms with Gasteiger partial charge in [0.1, 0.15) is 0 Å². The highest BCUT2D eigenvalue weighted by Crippen LogP contribution is 2.30. The molecule has 164 valence electrons. The van der Waals surface area contributed by atoms with Gasteiger partial charge in [-0.1, -0.05) is 12.1 Å². The molecule has 0 spiro atoms. The zero-order chi connectivity index (χ0) is 24.0. The van der Waals surface area contributed by atoms with E-state index in [1.165, 1.54) is 60.7 Å². The number of nitrogen functional groups attached to an aromatic ring is 2. The average molecular weight is 436 g/mol. The zero-order valence-electron chi connectivity index (χ0n) is 16.6. The van der Waals surface area contributed by atoms with E-state index in [0.29, 0.717) is 22.5 Å². The predicted molar refractivity (Wildman–Crippen MR) is 118 cm³/mol. The zero-order valence-corrected chi connectivity index (χ0v) is 16.6. The summed E-state index contributed by atoms with van der Waals surface area (Å²) in [5.74, 6) is -3.40. The number of anilines is 2. The molecule has 0 unspecified atom stereocenters. The Bertz CT molecular complexity index is 1110. The van der Waals surface area contributed by atoms with Gasteiger partial charge in [-0.15, -0.1) is 0 Å². The highest BCUT2D eigenvalue weighted by atomic mass is 16.4. The monoisotopic (exact) mass is 436 g/mol. The summed E-state index contributed by atoms with van der Waals surface area (Å²) in [4.78, 5) is 43.7. The van der Waals surface area contributed by atoms with Crippen LogP contribution in [0.3, 0.4) is 0 Å². The number of carboxylic acids is 2. The normalized spacial score (nSPS) is 9.88. The van der Waals surface area contributed by atoms with E-state index < -0.39 is 23.8 Å². The van der Waals surface area contributed by atoms with Crippen LogP contribution in [0.2, 0.25) is 0 Å². The van der Waals surface area contributed by atoms with Crippen molar-refractivity contribution in [1.29, 1.82) is 0 Å². The summed E-state index contributed by atoms with van der Waals surface area (Å²) in [6.45, 7) is 0. The summed E-state index contributed by atoms with van der Waals surface area (Å²) in [6, 6.07) is 14.4. The predicted octanol–water partition coefficient (Wildman–Crippen LogP) is 1.80. The van der Waals surface area contributed by atoms with Gasteiger partial charge in [0.2, 0.25) is 11.8 Å². The van der Waals surface area contributed by atoms with Gasteiger partial charge in [-0.25, -0.2) is 9.59 Å². The quantitative estimate of drug-likeness (QED) is 0.323. The molecule has 0 radical (unpaired) electrons. The van der Waals surface area contributed by atoms with Crippen LogP contribution in [-0.2, 0) is 0 Å². The second kappa shape index (κ2) is 9.76. The van der Waals surface area contributed by atoms with E-state index >= 15 is 0 Å². The Morgan fingerprint density at radius 1 is 0.562 bits per heavy atom. The standard InChI is InChI=1S/C14H12N2O4.C8H8N2O2/c15-7-1-3-9(11(5-7)13(17)18)10-4-2-8(16)6-12(10)14(19)20;9-7(11)5-1-2-6(4-3-5)8(10)12/h1-6H,15-16H2,(H,17,18)(H,19,20);1-4H,(H2,9,11)(H2,10,12). The molecule has 0 fully saturated rings. The molecule has 32 heavy (non-hydrogen) atoms. The van der Waals surface area contributed by atoms with Crippen molar-refractivity contribution in [3.63, 3.8) is 0 Å². The number of carbonyl (C=O) groups is 4. The molecule has 0 aliphatic carbocycles. The number of carboxylic acid groups (broad SMARTS) is 2. The van der Waals surface area contributed by atoms with E-state index in [1.807, 2.05) is 0 Å². The van der Waals surface area contributed by atoms with Crippen molar-refractivity contribution in [2.45, 2.75) is 0 Å². The first kappa shape index (κ1) is 23.4. The number of rotatable bonds is 5. The molecule has 0 aliphatic heterocycles. The van der Waals surface area contributed by atoms with Crippen molar-refractivity contribution in [1.82, 2.24) is 0 Å². The Kier molecular flexibility index (Phi) is 7.14. The topological polar surface area (TPSA) is 213 Å². The van der Waals surface area contributed by atoms with Crippen molar-refractivity contribution in [2.75, 3.05) is 11.5 Å². The van der Waals surface area contributed by atoms with Crippen molar-refractivity contribution < 1.29 is 29.4 Å². The fourth-order valence-corrected chi connectivity index (χ4v) is 2.75. The van der Waals surface area contributed by atoms with Gasteiger partial charge >= 0.3 is 11.9 Å². The van der Waals surface area contributed by atoms with Crippen LogP contribution in [0.4, 0.5) is 11.4 Å². The van der Waals surface area contributed by atoms with Crippen LogP contribution in [-0.4, -0.2) is 34.0 Å². The van der Waals surface area contributed by atoms with Crippen LogP contribution < -0.4 is 22.9 Å². The Hall–Kier alpha value is -4.86. The Balaban J connectivity index is 0.000000258. The van der Waals surface area contributed by atoms with Crippen molar-refractivity contribution in [2.24, 2.45) is 11.5 Å². The molecule has 3 aromatic rings. The molecule has 0 aromatic heterocycles. The summed E-state index contributed by atoms with van der Waals surface area (Å²) in [6.07, 6.45) is 0. The first-order valence-corrected chi connectivity index (χ1v) is 8.97. The van der Waals surface area contributed by atoms with Gasteiger partial charge in [0.05, 0.1) is 11.1 Å². The third-order valence-electron chi connectivity index (χ3n) is 4.29. The number of amides is 2. The summed E-state index contributed by atoms with van der Waals surface area (Å²) in [7, 11) is 0. The Morgan fingerprint density at radius 3 is 1.12 bits per heavy atom. The molecular formula is C22H20N4O6. The molecule has 0 atom stereocenters. The third kappa shape index (κ3) is 5.60. The fraction of sp³-hybridized carbons (Fsp3) is 0. The van der Waals surface area contributed by atoms with E-state index in [-0.39, 0.29) is 22.3 Å². The average Bonchev–Trinajstić information content (AvgIpc) is 2.74. The number of carbonyl (C=O) groups excluding carboxylic acids is 2. The van der Waals surface area contributed by atoms with Gasteiger partial charge in [-0.3, -0.25) is 9.59 Å². The largest absolute Gasteiger partial charge is 0.478 e. The first-order chi connectivity index (χ1) is 15.0. The molecule has 10 nitrogen and oxygen atoms in total. The molecule has 10 heteroatoms. The molecular weight excluding hydrogens is 416 g/mol. The number of nitrogens with two attached hydrogens (primary N) is 4. The molecule has 0 saturated carbocycles. The molecule has 0 heterocycles. The molecule has 2 amide bonds. The minimum atomic E-state index is -1.18. The number of benzene rings is 3. The van der Waals surface area contributed by atoms with Gasteiger partial charge in [0, 0.05) is 22.5 Å². The van der Waals surface area contributed by atoms with Crippen molar-refractivity contribution in [3.8, 4) is 11.1 Å². The number of hydrogen-bond donors (Lipinski definition) is 6. The second-order valence-electron chi connectivity index (χ2n) is 6.53. The number of hydrogen-bond acceptors (Lipinski definition) is 6. The first-order valence-electron chi connectivity index (χ1n) is 8.97. The van der Waals surface area contributed by atoms with Crippen molar-refractivity contribution in [3.05, 3.63) is 82.9 Å². The fourth-order valence-electron chi connectivity index (χ4n) is 2.75. The van der Waals surface area contributed by atoms with Crippen LogP contribution >= 0.6 is 0 Å². The van der Waals surface area contributed by atoms with Gasteiger partial charge in [-0.05, 0) is 59.7 Å². The minimum Gasteiger partial charge on any atom is -0.478 e. The lowest BCUT2D eigenvalue weighted by Gasteiger charge is -2.11. The maximum absolute atomic E-state index is 11.3. The Morgan fingerprint density at radius 2 is 0.875 bits per heavy atom. The highest BCUT2D eigenvalue weighted by molar-refractivity contribution is 6.03. The maximum atomic E-state index is 11.3. The number of aromatic carboxylic acids is 2. The van der Waals surface area contributed by atoms with E-state index in [4.69, 9.17) is 22.9 Å². The highest BCUT2D eigenvalue weighted by Gasteiger charge is 2.18. The van der Waals surface area contributed by atoms with Crippen LogP contribution in [0.5, 0.6) is 0 Å². The van der Waals surface area contributed by atoms with Gasteiger partial charge in [-0.2, -0.15) is 0 Å². The van der Waals surface area contributed by atoms with Crippen LogP contribution in [0.25, 0.3) is 11.1 Å². The molecule has 3 aromatic carbocycles. The van der Waals surface area contributed by atoms with Gasteiger partial charge in [0.25, 0.3) is 0 Å². The van der Waals surface area contributed by atoms with E-state index in [2.05, 4.69) is 0 Å². The lowest BCUT2D eigenvalue weighted by Crippen LogP contribution is -2.13. The lowest BCUT2D eigenvalue weighted by molar-refractivity contribution is 0.0684. The molecule has 0 aliphatic rings. The van der Waals surface area contributed by atoms with Gasteiger partial charge in [0.15, 0.2) is 0 Å². The molecule has 3 rings (SSSR count). The Labute approximate surface area is 182 Å². The van der Waals surface area contributed by atoms with E-state index in [9.17, 15) is 29.4 Å². The minimum absolute atomic E-state index is 0.0581.